The van der Waals surface area contributed by atoms with E-state index in [1.54, 1.807) is 0 Å². The number of hydrogen-bond donors (Lipinski definition) is 2. The second kappa shape index (κ2) is 3.98. The monoisotopic (exact) mass is 216 g/mol. The Bertz CT molecular complexity index is 246. The highest BCUT2D eigenvalue weighted by molar-refractivity contribution is 5.68. The molecule has 3 N–H and O–H groups in total. The van der Waals surface area contributed by atoms with Gasteiger partial charge in [-0.2, -0.15) is 0 Å². The quantitative estimate of drug-likeness (QED) is 0.583. The number of β-amino-alcohol motifs (C(OH)–C–C–N with tert-alkyl or cyclic N) is 1. The van der Waals surface area contributed by atoms with Crippen molar-refractivity contribution in [3.63, 3.8) is 0 Å². The van der Waals surface area contributed by atoms with Crippen LogP contribution < -0.4 is 5.73 Å². The molecule has 5 nitrogen and oxygen atoms in total. The van der Waals surface area contributed by atoms with E-state index < -0.39 is 17.4 Å². The van der Waals surface area contributed by atoms with Gasteiger partial charge in [-0.05, 0) is 33.6 Å². The van der Waals surface area contributed by atoms with Gasteiger partial charge in [-0.3, -0.25) is 0 Å². The molecular weight excluding hydrogens is 196 g/mol. The maximum atomic E-state index is 11.6. The molecule has 5 heteroatoms. The molecule has 0 bridgehead atoms. The van der Waals surface area contributed by atoms with E-state index in [1.807, 2.05) is 20.8 Å². The number of nitrogens with zero attached hydrogens (tertiary/aromatic N) is 1. The zero-order chi connectivity index (χ0) is 11.7. The van der Waals surface area contributed by atoms with Crippen LogP contribution in [-0.2, 0) is 4.74 Å². The zero-order valence-electron chi connectivity index (χ0n) is 9.62. The normalized spacial score (nSPS) is 27.7. The van der Waals surface area contributed by atoms with Crippen molar-refractivity contribution in [2.24, 2.45) is 5.73 Å². The van der Waals surface area contributed by atoms with E-state index in [4.69, 9.17) is 10.5 Å². The van der Waals surface area contributed by atoms with Crippen molar-refractivity contribution in [3.8, 4) is 0 Å². The van der Waals surface area contributed by atoms with Gasteiger partial charge in [0, 0.05) is 6.54 Å². The average Bonchev–Trinajstić information content (AvgIpc) is 1.99. The topological polar surface area (TPSA) is 75.8 Å². The fourth-order valence-corrected chi connectivity index (χ4v) is 1.55. The predicted molar refractivity (Wildman–Crippen MR) is 56.2 cm³/mol. The summed E-state index contributed by atoms with van der Waals surface area (Å²) >= 11 is 0. The van der Waals surface area contributed by atoms with E-state index in [0.29, 0.717) is 19.4 Å². The number of piperidine rings is 1. The van der Waals surface area contributed by atoms with E-state index >= 15 is 0 Å². The first-order valence-corrected chi connectivity index (χ1v) is 5.19. The number of aliphatic hydroxyl groups is 1. The molecule has 1 aliphatic heterocycles. The van der Waals surface area contributed by atoms with Crippen LogP contribution in [0.15, 0.2) is 0 Å². The number of nitrogens with two attached hydrogens (primary N) is 1. The molecule has 0 aromatic rings. The van der Waals surface area contributed by atoms with Crippen molar-refractivity contribution < 1.29 is 14.6 Å². The summed E-state index contributed by atoms with van der Waals surface area (Å²) in [5.74, 6) is 0. The molecule has 1 fully saturated rings. The Balaban J connectivity index is 2.53. The summed E-state index contributed by atoms with van der Waals surface area (Å²) in [6, 6.07) is 0. The highest BCUT2D eigenvalue weighted by Gasteiger charge is 2.33. The fourth-order valence-electron chi connectivity index (χ4n) is 1.55. The third kappa shape index (κ3) is 4.05. The molecule has 0 aromatic carbocycles. The molecule has 1 rings (SSSR count). The lowest BCUT2D eigenvalue weighted by Crippen LogP contribution is -2.56. The summed E-state index contributed by atoms with van der Waals surface area (Å²) < 4.78 is 5.19. The maximum Gasteiger partial charge on any atom is 0.410 e. The van der Waals surface area contributed by atoms with Crippen LogP contribution in [0.1, 0.15) is 33.6 Å². The maximum absolute atomic E-state index is 11.6. The Morgan fingerprint density at radius 3 is 2.60 bits per heavy atom. The van der Waals surface area contributed by atoms with E-state index in [9.17, 15) is 9.90 Å². The first kappa shape index (κ1) is 12.3. The molecule has 0 radical (unpaired) electrons. The van der Waals surface area contributed by atoms with Gasteiger partial charge in [0.25, 0.3) is 0 Å². The van der Waals surface area contributed by atoms with E-state index in [-0.39, 0.29) is 6.54 Å². The number of carbonyl (C=O) groups excluding carboxylic acids is 1. The van der Waals surface area contributed by atoms with Crippen LogP contribution in [-0.4, -0.2) is 40.5 Å². The van der Waals surface area contributed by atoms with Gasteiger partial charge in [0.05, 0.1) is 6.54 Å². The van der Waals surface area contributed by atoms with Gasteiger partial charge in [-0.25, -0.2) is 4.79 Å². The number of rotatable bonds is 0. The van der Waals surface area contributed by atoms with E-state index in [0.717, 1.165) is 0 Å². The largest absolute Gasteiger partial charge is 0.444 e. The molecule has 1 saturated heterocycles. The highest BCUT2D eigenvalue weighted by atomic mass is 16.6. The van der Waals surface area contributed by atoms with Crippen LogP contribution in [0, 0.1) is 0 Å². The fraction of sp³-hybridized carbons (Fsp3) is 0.900. The predicted octanol–water partition coefficient (Wildman–Crippen LogP) is 0.665. The Morgan fingerprint density at radius 1 is 1.53 bits per heavy atom. The van der Waals surface area contributed by atoms with Crippen molar-refractivity contribution in [2.45, 2.75) is 44.9 Å². The van der Waals surface area contributed by atoms with E-state index in [2.05, 4.69) is 0 Å². The second-order valence-electron chi connectivity index (χ2n) is 5.11. The average molecular weight is 216 g/mol. The van der Waals surface area contributed by atoms with Crippen molar-refractivity contribution in [1.29, 1.82) is 0 Å². The van der Waals surface area contributed by atoms with Gasteiger partial charge in [0.15, 0.2) is 0 Å². The lowest BCUT2D eigenvalue weighted by atomic mass is 10.0. The zero-order valence-corrected chi connectivity index (χ0v) is 9.62. The standard InChI is InChI=1S/C10H20N2O3/c1-9(2,3)15-8(13)12-6-4-5-10(11,14)7-12/h14H,4-7,11H2,1-3H3. The summed E-state index contributed by atoms with van der Waals surface area (Å²) in [5, 5.41) is 9.62. The van der Waals surface area contributed by atoms with E-state index in [1.165, 1.54) is 4.90 Å². The van der Waals surface area contributed by atoms with Gasteiger partial charge in [-0.1, -0.05) is 0 Å². The molecule has 0 aromatic heterocycles. The summed E-state index contributed by atoms with van der Waals surface area (Å²) in [6.07, 6.45) is 0.810. The van der Waals surface area contributed by atoms with Gasteiger partial charge < -0.3 is 20.5 Å². The summed E-state index contributed by atoms with van der Waals surface area (Å²) in [6.45, 7) is 6.16. The van der Waals surface area contributed by atoms with Gasteiger partial charge in [0.2, 0.25) is 0 Å². The van der Waals surface area contributed by atoms with Crippen LogP contribution in [0.3, 0.4) is 0 Å². The number of hydrogen-bond acceptors (Lipinski definition) is 4. The summed E-state index contributed by atoms with van der Waals surface area (Å²) in [5.41, 5.74) is 3.79. The lowest BCUT2D eigenvalue weighted by Gasteiger charge is -2.37. The molecule has 1 heterocycles. The van der Waals surface area contributed by atoms with Crippen LogP contribution in [0.5, 0.6) is 0 Å². The number of likely N-dealkylation sites (tertiary alicyclic amines) is 1. The van der Waals surface area contributed by atoms with Crippen molar-refractivity contribution in [2.75, 3.05) is 13.1 Å². The third-order valence-corrected chi connectivity index (χ3v) is 2.15. The minimum Gasteiger partial charge on any atom is -0.444 e. The molecule has 0 aliphatic carbocycles. The van der Waals surface area contributed by atoms with Gasteiger partial charge in [0.1, 0.15) is 11.3 Å². The second-order valence-corrected chi connectivity index (χ2v) is 5.11. The van der Waals surface area contributed by atoms with Crippen LogP contribution in [0.25, 0.3) is 0 Å². The highest BCUT2D eigenvalue weighted by Crippen LogP contribution is 2.18. The van der Waals surface area contributed by atoms with Crippen molar-refractivity contribution in [3.05, 3.63) is 0 Å². The molecule has 1 unspecified atom stereocenters. The first-order chi connectivity index (χ1) is 6.70. The number of amides is 1. The lowest BCUT2D eigenvalue weighted by molar-refractivity contribution is -0.0393. The summed E-state index contributed by atoms with van der Waals surface area (Å²) in [4.78, 5) is 13.1. The molecular formula is C10H20N2O3. The molecule has 88 valence electrons. The Morgan fingerprint density at radius 2 is 2.13 bits per heavy atom. The minimum atomic E-state index is -1.27. The summed E-state index contributed by atoms with van der Waals surface area (Å²) in [7, 11) is 0. The van der Waals surface area contributed by atoms with Crippen LogP contribution >= 0.6 is 0 Å². The SMILES string of the molecule is CC(C)(C)OC(=O)N1CCCC(N)(O)C1. The van der Waals surface area contributed by atoms with Crippen LogP contribution in [0.2, 0.25) is 0 Å². The molecule has 0 saturated carbocycles. The molecule has 0 spiro atoms. The van der Waals surface area contributed by atoms with Crippen molar-refractivity contribution >= 4 is 6.09 Å². The Labute approximate surface area is 90.2 Å². The number of carbonyl (C=O) groups is 1. The smallest absolute Gasteiger partial charge is 0.410 e. The number of ether oxygens (including phenoxy) is 1. The van der Waals surface area contributed by atoms with Crippen LogP contribution in [0.4, 0.5) is 4.79 Å². The molecule has 1 atom stereocenters. The molecule has 1 amide bonds. The minimum absolute atomic E-state index is 0.141. The third-order valence-electron chi connectivity index (χ3n) is 2.15. The Kier molecular flexibility index (Phi) is 3.25. The molecule has 15 heavy (non-hydrogen) atoms. The molecule has 1 aliphatic rings. The van der Waals surface area contributed by atoms with Crippen molar-refractivity contribution in [1.82, 2.24) is 4.90 Å². The van der Waals surface area contributed by atoms with Gasteiger partial charge >= 0.3 is 6.09 Å². The van der Waals surface area contributed by atoms with Gasteiger partial charge in [-0.15, -0.1) is 0 Å². The first-order valence-electron chi connectivity index (χ1n) is 5.19. The Hall–Kier alpha value is -0.810.